The number of benzene rings is 2. The zero-order chi connectivity index (χ0) is 18.7. The van der Waals surface area contributed by atoms with E-state index in [0.29, 0.717) is 9.90 Å². The average Bonchev–Trinajstić information content (AvgIpc) is 3.25. The van der Waals surface area contributed by atoms with E-state index in [-0.39, 0.29) is 0 Å². The lowest BCUT2D eigenvalue weighted by atomic mass is 10.2. The van der Waals surface area contributed by atoms with Crippen LogP contribution < -0.4 is 14.5 Å². The molecule has 0 saturated carbocycles. The number of hydrogen-bond acceptors (Lipinski definition) is 5. The summed E-state index contributed by atoms with van der Waals surface area (Å²) in [6, 6.07) is 21.4. The fraction of sp³-hybridized carbons (Fsp3) is 0.200. The topological polar surface area (TPSA) is 52.7 Å². The molecule has 0 radical (unpaired) electrons. The quantitative estimate of drug-likeness (QED) is 0.708. The summed E-state index contributed by atoms with van der Waals surface area (Å²) in [5.41, 5.74) is 2.95. The second kappa shape index (κ2) is 7.62. The zero-order valence-corrected chi connectivity index (χ0v) is 16.4. The van der Waals surface area contributed by atoms with Crippen LogP contribution in [-0.4, -0.2) is 34.6 Å². The van der Waals surface area contributed by atoms with E-state index >= 15 is 0 Å². The van der Waals surface area contributed by atoms with Crippen molar-refractivity contribution in [1.29, 1.82) is 0 Å². The maximum absolute atomic E-state index is 12.3. The van der Waals surface area contributed by atoms with Gasteiger partial charge in [0.1, 0.15) is 4.21 Å². The molecule has 1 N–H and O–H groups in total. The predicted octanol–water partition coefficient (Wildman–Crippen LogP) is 3.88. The molecule has 0 spiro atoms. The molecule has 0 amide bonds. The van der Waals surface area contributed by atoms with Gasteiger partial charge < -0.3 is 9.80 Å². The molecule has 27 heavy (non-hydrogen) atoms. The van der Waals surface area contributed by atoms with Crippen LogP contribution >= 0.6 is 11.3 Å². The van der Waals surface area contributed by atoms with Crippen LogP contribution in [0, 0.1) is 0 Å². The van der Waals surface area contributed by atoms with E-state index in [1.165, 1.54) is 17.0 Å². The summed E-state index contributed by atoms with van der Waals surface area (Å²) < 4.78 is 27.6. The minimum atomic E-state index is -3.50. The fourth-order valence-corrected chi connectivity index (χ4v) is 5.28. The van der Waals surface area contributed by atoms with E-state index in [2.05, 4.69) is 38.8 Å². The Balaban J connectivity index is 1.39. The Morgan fingerprint density at radius 2 is 1.33 bits per heavy atom. The van der Waals surface area contributed by atoms with E-state index in [1.54, 1.807) is 17.5 Å². The van der Waals surface area contributed by atoms with Crippen LogP contribution in [0.15, 0.2) is 76.3 Å². The summed E-state index contributed by atoms with van der Waals surface area (Å²) in [5.74, 6) is 0. The third-order valence-corrected chi connectivity index (χ3v) is 7.42. The molecular weight excluding hydrogens is 378 g/mol. The summed E-state index contributed by atoms with van der Waals surface area (Å²) in [6.07, 6.45) is 0. The Kier molecular flexibility index (Phi) is 5.05. The van der Waals surface area contributed by atoms with Crippen molar-refractivity contribution in [3.63, 3.8) is 0 Å². The number of para-hydroxylation sites is 1. The van der Waals surface area contributed by atoms with Gasteiger partial charge in [-0.15, -0.1) is 11.3 Å². The van der Waals surface area contributed by atoms with Crippen molar-refractivity contribution < 1.29 is 8.42 Å². The number of anilines is 3. The minimum absolute atomic E-state index is 0.323. The summed E-state index contributed by atoms with van der Waals surface area (Å²) >= 11 is 1.21. The van der Waals surface area contributed by atoms with Crippen LogP contribution in [0.25, 0.3) is 0 Å². The van der Waals surface area contributed by atoms with E-state index in [4.69, 9.17) is 0 Å². The molecule has 0 bridgehead atoms. The Bertz CT molecular complexity index is 964. The summed E-state index contributed by atoms with van der Waals surface area (Å²) in [5, 5.41) is 1.76. The van der Waals surface area contributed by atoms with Gasteiger partial charge in [-0.2, -0.15) is 0 Å². The van der Waals surface area contributed by atoms with E-state index < -0.39 is 10.0 Å². The SMILES string of the molecule is O=S(=O)(Nc1ccc(N2CCN(c3ccccc3)CC2)cc1)c1cccs1. The van der Waals surface area contributed by atoms with Crippen LogP contribution in [0.1, 0.15) is 0 Å². The molecule has 1 saturated heterocycles. The molecule has 0 unspecified atom stereocenters. The zero-order valence-electron chi connectivity index (χ0n) is 14.8. The normalized spacial score (nSPS) is 15.0. The van der Waals surface area contributed by atoms with E-state index in [1.807, 2.05) is 30.3 Å². The molecule has 4 rings (SSSR count). The Morgan fingerprint density at radius 3 is 1.89 bits per heavy atom. The minimum Gasteiger partial charge on any atom is -0.368 e. The number of rotatable bonds is 5. The lowest BCUT2D eigenvalue weighted by Crippen LogP contribution is -2.46. The summed E-state index contributed by atoms with van der Waals surface area (Å²) in [6.45, 7) is 3.82. The number of nitrogens with one attached hydrogen (secondary N) is 1. The monoisotopic (exact) mass is 399 g/mol. The molecule has 1 fully saturated rings. The highest BCUT2D eigenvalue weighted by molar-refractivity contribution is 7.94. The number of sulfonamides is 1. The number of piperazine rings is 1. The molecule has 2 heterocycles. The molecule has 0 atom stereocenters. The number of nitrogens with zero attached hydrogens (tertiary/aromatic N) is 2. The van der Waals surface area contributed by atoms with E-state index in [0.717, 1.165) is 31.9 Å². The first-order chi connectivity index (χ1) is 13.1. The maximum atomic E-state index is 12.3. The summed E-state index contributed by atoms with van der Waals surface area (Å²) in [4.78, 5) is 4.72. The van der Waals surface area contributed by atoms with Gasteiger partial charge in [-0.1, -0.05) is 24.3 Å². The molecule has 1 aliphatic heterocycles. The van der Waals surface area contributed by atoms with Gasteiger partial charge in [0.05, 0.1) is 0 Å². The van der Waals surface area contributed by atoms with Gasteiger partial charge in [-0.05, 0) is 47.8 Å². The average molecular weight is 400 g/mol. The second-order valence-electron chi connectivity index (χ2n) is 6.39. The van der Waals surface area contributed by atoms with Crippen molar-refractivity contribution in [3.05, 3.63) is 72.1 Å². The Labute approximate surface area is 163 Å². The standard InChI is InChI=1S/C20H21N3O2S2/c24-27(25,20-7-4-16-26-20)21-17-8-10-19(11-9-17)23-14-12-22(13-15-23)18-5-2-1-3-6-18/h1-11,16,21H,12-15H2. The first-order valence-electron chi connectivity index (χ1n) is 8.83. The molecule has 2 aromatic carbocycles. The Hall–Kier alpha value is -2.51. The van der Waals surface area contributed by atoms with Crippen LogP contribution in [0.4, 0.5) is 17.1 Å². The first kappa shape index (κ1) is 17.9. The highest BCUT2D eigenvalue weighted by Gasteiger charge is 2.18. The van der Waals surface area contributed by atoms with Gasteiger partial charge in [-0.25, -0.2) is 8.42 Å². The summed E-state index contributed by atoms with van der Waals surface area (Å²) in [7, 11) is -3.50. The largest absolute Gasteiger partial charge is 0.368 e. The van der Waals surface area contributed by atoms with Gasteiger partial charge in [-0.3, -0.25) is 4.72 Å². The highest BCUT2D eigenvalue weighted by atomic mass is 32.2. The fourth-order valence-electron chi connectivity index (χ4n) is 3.22. The van der Waals surface area contributed by atoms with E-state index in [9.17, 15) is 8.42 Å². The second-order valence-corrected chi connectivity index (χ2v) is 9.25. The highest BCUT2D eigenvalue weighted by Crippen LogP contribution is 2.24. The molecule has 5 nitrogen and oxygen atoms in total. The van der Waals surface area contributed by atoms with Crippen molar-refractivity contribution in [3.8, 4) is 0 Å². The molecule has 1 aromatic heterocycles. The number of hydrogen-bond donors (Lipinski definition) is 1. The van der Waals surface area contributed by atoms with Gasteiger partial charge in [0.15, 0.2) is 0 Å². The maximum Gasteiger partial charge on any atom is 0.271 e. The molecule has 7 heteroatoms. The molecule has 1 aliphatic rings. The van der Waals surface area contributed by atoms with Crippen molar-refractivity contribution in [2.45, 2.75) is 4.21 Å². The van der Waals surface area contributed by atoms with Crippen LogP contribution in [-0.2, 0) is 10.0 Å². The molecular formula is C20H21N3O2S2. The van der Waals surface area contributed by atoms with Gasteiger partial charge >= 0.3 is 0 Å². The number of thiophene rings is 1. The van der Waals surface area contributed by atoms with Gasteiger partial charge in [0, 0.05) is 43.2 Å². The van der Waals surface area contributed by atoms with Crippen LogP contribution in [0.3, 0.4) is 0 Å². The van der Waals surface area contributed by atoms with Crippen LogP contribution in [0.2, 0.25) is 0 Å². The van der Waals surface area contributed by atoms with Gasteiger partial charge in [0.2, 0.25) is 0 Å². The molecule has 140 valence electrons. The first-order valence-corrected chi connectivity index (χ1v) is 11.2. The van der Waals surface area contributed by atoms with Crippen LogP contribution in [0.5, 0.6) is 0 Å². The third-order valence-electron chi connectivity index (χ3n) is 4.65. The third kappa shape index (κ3) is 4.09. The van der Waals surface area contributed by atoms with Crippen molar-refractivity contribution in [2.75, 3.05) is 40.7 Å². The van der Waals surface area contributed by atoms with Crippen molar-refractivity contribution in [1.82, 2.24) is 0 Å². The molecule has 3 aromatic rings. The lowest BCUT2D eigenvalue weighted by molar-refractivity contribution is 0.603. The smallest absolute Gasteiger partial charge is 0.271 e. The Morgan fingerprint density at radius 1 is 0.741 bits per heavy atom. The van der Waals surface area contributed by atoms with Crippen molar-refractivity contribution >= 4 is 38.4 Å². The predicted molar refractivity (Wildman–Crippen MR) is 112 cm³/mol. The van der Waals surface area contributed by atoms with Crippen molar-refractivity contribution in [2.24, 2.45) is 0 Å². The lowest BCUT2D eigenvalue weighted by Gasteiger charge is -2.37. The molecule has 0 aliphatic carbocycles. The van der Waals surface area contributed by atoms with Gasteiger partial charge in [0.25, 0.3) is 10.0 Å².